The summed E-state index contributed by atoms with van der Waals surface area (Å²) in [6, 6.07) is 1.64. The Morgan fingerprint density at radius 3 is 2.68 bits per heavy atom. The van der Waals surface area contributed by atoms with E-state index in [0.29, 0.717) is 27.7 Å². The van der Waals surface area contributed by atoms with Crippen LogP contribution in [0.5, 0.6) is 0 Å². The van der Waals surface area contributed by atoms with Crippen LogP contribution in [0.25, 0.3) is 0 Å². The molecule has 1 saturated carbocycles. The minimum Gasteiger partial charge on any atom is -0.372 e. The van der Waals surface area contributed by atoms with Crippen molar-refractivity contribution in [1.29, 1.82) is 0 Å². The van der Waals surface area contributed by atoms with E-state index in [-0.39, 0.29) is 5.91 Å². The second-order valence-electron chi connectivity index (χ2n) is 5.50. The Bertz CT molecular complexity index is 484. The third-order valence-corrected chi connectivity index (χ3v) is 4.35. The summed E-state index contributed by atoms with van der Waals surface area (Å²) in [6.45, 7) is 5.15. The van der Waals surface area contributed by atoms with Crippen LogP contribution in [0.2, 0.25) is 5.02 Å². The van der Waals surface area contributed by atoms with Gasteiger partial charge in [0, 0.05) is 19.8 Å². The Hall–Kier alpha value is -1.29. The second-order valence-corrected chi connectivity index (χ2v) is 5.91. The summed E-state index contributed by atoms with van der Waals surface area (Å²) < 4.78 is 0. The highest BCUT2D eigenvalue weighted by molar-refractivity contribution is 6.33. The molecule has 104 valence electrons. The van der Waals surface area contributed by atoms with Gasteiger partial charge < -0.3 is 10.6 Å². The highest BCUT2D eigenvalue weighted by Crippen LogP contribution is 2.51. The zero-order valence-corrected chi connectivity index (χ0v) is 12.3. The van der Waals surface area contributed by atoms with Crippen LogP contribution in [0.4, 0.5) is 5.82 Å². The molecule has 1 aliphatic rings. The fourth-order valence-corrected chi connectivity index (χ4v) is 2.48. The molecule has 0 saturated heterocycles. The van der Waals surface area contributed by atoms with Crippen molar-refractivity contribution in [2.45, 2.75) is 26.7 Å². The van der Waals surface area contributed by atoms with Crippen LogP contribution >= 0.6 is 11.6 Å². The fraction of sp³-hybridized carbons (Fsp3) is 0.571. The van der Waals surface area contributed by atoms with Crippen molar-refractivity contribution < 1.29 is 4.79 Å². The molecular formula is C14H20ClN3O. The Labute approximate surface area is 118 Å². The number of nitrogens with one attached hydrogen (secondary N) is 2. The van der Waals surface area contributed by atoms with Crippen molar-refractivity contribution in [3.63, 3.8) is 0 Å². The summed E-state index contributed by atoms with van der Waals surface area (Å²) in [5.41, 5.74) is 0.807. The lowest BCUT2D eigenvalue weighted by Gasteiger charge is -2.20. The molecule has 1 amide bonds. The summed E-state index contributed by atoms with van der Waals surface area (Å²) in [5, 5.41) is 6.32. The van der Waals surface area contributed by atoms with Crippen LogP contribution in [0, 0.1) is 11.3 Å². The summed E-state index contributed by atoms with van der Waals surface area (Å²) in [5.74, 6) is 1.07. The van der Waals surface area contributed by atoms with Crippen molar-refractivity contribution in [3.05, 3.63) is 22.8 Å². The van der Waals surface area contributed by atoms with Gasteiger partial charge in [0.15, 0.2) is 0 Å². The summed E-state index contributed by atoms with van der Waals surface area (Å²) in [6.07, 6.45) is 3.94. The van der Waals surface area contributed by atoms with E-state index >= 15 is 0 Å². The van der Waals surface area contributed by atoms with Crippen molar-refractivity contribution in [1.82, 2.24) is 10.3 Å². The SMILES string of the molecule is CNc1ncc(C(=O)NCC2(C(C)C)CC2)cc1Cl. The maximum absolute atomic E-state index is 12.1. The number of rotatable bonds is 5. The zero-order valence-electron chi connectivity index (χ0n) is 11.6. The highest BCUT2D eigenvalue weighted by atomic mass is 35.5. The standard InChI is InChI=1S/C14H20ClN3O/c1-9(2)14(4-5-14)8-18-13(19)10-6-11(15)12(16-3)17-7-10/h6-7,9H,4-5,8H2,1-3H3,(H,16,17)(H,18,19). The molecule has 0 atom stereocenters. The Balaban J connectivity index is 1.99. The van der Waals surface area contributed by atoms with Gasteiger partial charge in [-0.3, -0.25) is 4.79 Å². The minimum atomic E-state index is -0.107. The van der Waals surface area contributed by atoms with Crippen LogP contribution in [0.3, 0.4) is 0 Å². The number of carbonyl (C=O) groups is 1. The first kappa shape index (κ1) is 14.1. The first-order chi connectivity index (χ1) is 8.98. The lowest BCUT2D eigenvalue weighted by molar-refractivity contribution is 0.0939. The molecule has 0 aliphatic heterocycles. The number of nitrogens with zero attached hydrogens (tertiary/aromatic N) is 1. The quantitative estimate of drug-likeness (QED) is 0.872. The third kappa shape index (κ3) is 3.00. The predicted octanol–water partition coefficient (Wildman–Crippen LogP) is 2.94. The van der Waals surface area contributed by atoms with E-state index in [0.717, 1.165) is 6.54 Å². The molecule has 0 unspecified atom stereocenters. The molecule has 1 aliphatic carbocycles. The molecule has 0 spiro atoms. The molecular weight excluding hydrogens is 262 g/mol. The molecule has 2 N–H and O–H groups in total. The average molecular weight is 282 g/mol. The van der Waals surface area contributed by atoms with Gasteiger partial charge in [-0.25, -0.2) is 4.98 Å². The molecule has 4 nitrogen and oxygen atoms in total. The van der Waals surface area contributed by atoms with Gasteiger partial charge in [0.05, 0.1) is 10.6 Å². The van der Waals surface area contributed by atoms with Crippen LogP contribution in [0.15, 0.2) is 12.3 Å². The molecule has 0 aromatic carbocycles. The van der Waals surface area contributed by atoms with Crippen molar-refractivity contribution in [2.24, 2.45) is 11.3 Å². The van der Waals surface area contributed by atoms with Gasteiger partial charge in [0.1, 0.15) is 5.82 Å². The Kier molecular flexibility index (Phi) is 3.99. The van der Waals surface area contributed by atoms with Gasteiger partial charge in [-0.1, -0.05) is 25.4 Å². The van der Waals surface area contributed by atoms with Crippen molar-refractivity contribution in [3.8, 4) is 0 Å². The zero-order chi connectivity index (χ0) is 14.0. The predicted molar refractivity (Wildman–Crippen MR) is 77.6 cm³/mol. The number of aromatic nitrogens is 1. The van der Waals surface area contributed by atoms with E-state index in [4.69, 9.17) is 11.6 Å². The highest BCUT2D eigenvalue weighted by Gasteiger charge is 2.45. The van der Waals surface area contributed by atoms with E-state index < -0.39 is 0 Å². The summed E-state index contributed by atoms with van der Waals surface area (Å²) in [7, 11) is 1.74. The van der Waals surface area contributed by atoms with Crippen LogP contribution in [-0.2, 0) is 0 Å². The number of halogens is 1. The molecule has 19 heavy (non-hydrogen) atoms. The largest absolute Gasteiger partial charge is 0.372 e. The minimum absolute atomic E-state index is 0.107. The molecule has 1 heterocycles. The summed E-state index contributed by atoms with van der Waals surface area (Å²) >= 11 is 6.02. The lowest BCUT2D eigenvalue weighted by atomic mass is 9.92. The number of amides is 1. The van der Waals surface area contributed by atoms with Crippen LogP contribution < -0.4 is 10.6 Å². The van der Waals surface area contributed by atoms with Crippen molar-refractivity contribution >= 4 is 23.3 Å². The normalized spacial score (nSPS) is 16.3. The van der Waals surface area contributed by atoms with E-state index in [1.165, 1.54) is 12.8 Å². The molecule has 1 fully saturated rings. The number of carbonyl (C=O) groups excluding carboxylic acids is 1. The Morgan fingerprint density at radius 1 is 1.53 bits per heavy atom. The van der Waals surface area contributed by atoms with E-state index in [2.05, 4.69) is 29.5 Å². The average Bonchev–Trinajstić information content (AvgIpc) is 3.17. The topological polar surface area (TPSA) is 54.0 Å². The molecule has 2 rings (SSSR count). The fourth-order valence-electron chi connectivity index (χ4n) is 2.22. The third-order valence-electron chi connectivity index (χ3n) is 4.06. The molecule has 5 heteroatoms. The van der Waals surface area contributed by atoms with Gasteiger partial charge in [-0.2, -0.15) is 0 Å². The van der Waals surface area contributed by atoms with Crippen molar-refractivity contribution in [2.75, 3.05) is 18.9 Å². The number of pyridine rings is 1. The van der Waals surface area contributed by atoms with Gasteiger partial charge in [0.2, 0.25) is 0 Å². The molecule has 0 radical (unpaired) electrons. The number of hydrogen-bond acceptors (Lipinski definition) is 3. The maximum Gasteiger partial charge on any atom is 0.252 e. The van der Waals surface area contributed by atoms with Gasteiger partial charge in [0.25, 0.3) is 5.91 Å². The molecule has 0 bridgehead atoms. The van der Waals surface area contributed by atoms with E-state index in [1.54, 1.807) is 19.3 Å². The number of hydrogen-bond donors (Lipinski definition) is 2. The van der Waals surface area contributed by atoms with Gasteiger partial charge >= 0.3 is 0 Å². The maximum atomic E-state index is 12.1. The first-order valence-electron chi connectivity index (χ1n) is 6.60. The second kappa shape index (κ2) is 5.37. The molecule has 1 aromatic rings. The van der Waals surface area contributed by atoms with Crippen LogP contribution in [0.1, 0.15) is 37.0 Å². The summed E-state index contributed by atoms with van der Waals surface area (Å²) in [4.78, 5) is 16.2. The number of anilines is 1. The smallest absolute Gasteiger partial charge is 0.252 e. The van der Waals surface area contributed by atoms with E-state index in [1.807, 2.05) is 0 Å². The van der Waals surface area contributed by atoms with Crippen LogP contribution in [-0.4, -0.2) is 24.5 Å². The lowest BCUT2D eigenvalue weighted by Crippen LogP contribution is -2.32. The first-order valence-corrected chi connectivity index (χ1v) is 6.98. The van der Waals surface area contributed by atoms with Gasteiger partial charge in [-0.05, 0) is 30.2 Å². The van der Waals surface area contributed by atoms with Gasteiger partial charge in [-0.15, -0.1) is 0 Å². The molecule has 1 aromatic heterocycles. The monoisotopic (exact) mass is 281 g/mol. The van der Waals surface area contributed by atoms with E-state index in [9.17, 15) is 4.79 Å². The Morgan fingerprint density at radius 2 is 2.21 bits per heavy atom.